The summed E-state index contributed by atoms with van der Waals surface area (Å²) in [6.45, 7) is 0.338. The number of carboxylic acid groups (broad SMARTS) is 1. The molecule has 0 radical (unpaired) electrons. The van der Waals surface area contributed by atoms with E-state index in [4.69, 9.17) is 14.6 Å². The zero-order chi connectivity index (χ0) is 10.6. The van der Waals surface area contributed by atoms with E-state index >= 15 is 0 Å². The molecule has 4 nitrogen and oxygen atoms in total. The molecule has 0 aliphatic rings. The van der Waals surface area contributed by atoms with Gasteiger partial charge in [-0.2, -0.15) is 0 Å². The molecule has 0 amide bonds. The fraction of sp³-hybridized carbons (Fsp3) is 0.300. The van der Waals surface area contributed by atoms with Crippen LogP contribution in [0.3, 0.4) is 0 Å². The number of carbonyl (C=O) groups is 1. The van der Waals surface area contributed by atoms with E-state index in [1.807, 2.05) is 0 Å². The summed E-state index contributed by atoms with van der Waals surface area (Å²) >= 11 is 0. The third-order valence-electron chi connectivity index (χ3n) is 1.83. The summed E-state index contributed by atoms with van der Waals surface area (Å²) in [6, 6.07) is 4.94. The number of aromatic carboxylic acids is 1. The van der Waals surface area contributed by atoms with Gasteiger partial charge in [0.15, 0.2) is 0 Å². The van der Waals surface area contributed by atoms with Gasteiger partial charge in [0.05, 0.1) is 13.7 Å². The monoisotopic (exact) mass is 196 g/mol. The topological polar surface area (TPSA) is 55.8 Å². The van der Waals surface area contributed by atoms with Gasteiger partial charge in [-0.05, 0) is 6.07 Å². The second-order valence-corrected chi connectivity index (χ2v) is 2.74. The Balaban J connectivity index is 3.17. The average molecular weight is 196 g/mol. The minimum absolute atomic E-state index is 0.155. The Labute approximate surface area is 82.1 Å². The number of carboxylic acids is 1. The van der Waals surface area contributed by atoms with Crippen LogP contribution < -0.4 is 4.74 Å². The maximum absolute atomic E-state index is 10.8. The van der Waals surface area contributed by atoms with E-state index in [-0.39, 0.29) is 5.56 Å². The number of rotatable bonds is 4. The molecule has 0 saturated carbocycles. The van der Waals surface area contributed by atoms with Crippen molar-refractivity contribution >= 4 is 5.97 Å². The summed E-state index contributed by atoms with van der Waals surface area (Å²) in [5, 5.41) is 8.87. The molecule has 1 rings (SSSR count). The van der Waals surface area contributed by atoms with Gasteiger partial charge in [0.2, 0.25) is 0 Å². The number of benzene rings is 1. The van der Waals surface area contributed by atoms with Crippen molar-refractivity contribution in [3.05, 3.63) is 29.3 Å². The Morgan fingerprint density at radius 2 is 2.14 bits per heavy atom. The maximum atomic E-state index is 10.8. The summed E-state index contributed by atoms with van der Waals surface area (Å²) in [5.74, 6) is -0.637. The van der Waals surface area contributed by atoms with Crippen molar-refractivity contribution in [2.45, 2.75) is 6.61 Å². The molecule has 0 atom stereocenters. The zero-order valence-corrected chi connectivity index (χ0v) is 8.11. The number of hydrogen-bond acceptors (Lipinski definition) is 3. The molecule has 0 aliphatic heterocycles. The molecule has 0 saturated heterocycles. The molecule has 4 heteroatoms. The Morgan fingerprint density at radius 3 is 2.64 bits per heavy atom. The second-order valence-electron chi connectivity index (χ2n) is 2.74. The van der Waals surface area contributed by atoms with Crippen molar-refractivity contribution in [2.24, 2.45) is 0 Å². The van der Waals surface area contributed by atoms with E-state index in [0.29, 0.717) is 12.4 Å². The van der Waals surface area contributed by atoms with Crippen molar-refractivity contribution in [3.63, 3.8) is 0 Å². The molecule has 0 heterocycles. The largest absolute Gasteiger partial charge is 0.495 e. The van der Waals surface area contributed by atoms with Crippen LogP contribution in [0.2, 0.25) is 0 Å². The molecule has 0 fully saturated rings. The first-order valence-electron chi connectivity index (χ1n) is 4.08. The van der Waals surface area contributed by atoms with Crippen LogP contribution in [-0.4, -0.2) is 25.3 Å². The van der Waals surface area contributed by atoms with Crippen LogP contribution in [0.4, 0.5) is 0 Å². The van der Waals surface area contributed by atoms with Gasteiger partial charge < -0.3 is 14.6 Å². The van der Waals surface area contributed by atoms with Crippen LogP contribution in [0.25, 0.3) is 0 Å². The summed E-state index contributed by atoms with van der Waals surface area (Å²) in [7, 11) is 2.99. The van der Waals surface area contributed by atoms with Gasteiger partial charge in [0.1, 0.15) is 11.3 Å². The molecular formula is C10H12O4. The highest BCUT2D eigenvalue weighted by molar-refractivity contribution is 5.91. The van der Waals surface area contributed by atoms with Crippen molar-refractivity contribution in [1.29, 1.82) is 0 Å². The predicted octanol–water partition coefficient (Wildman–Crippen LogP) is 1.54. The minimum Gasteiger partial charge on any atom is -0.495 e. The summed E-state index contributed by atoms with van der Waals surface area (Å²) in [6.07, 6.45) is 0. The van der Waals surface area contributed by atoms with Crippen LogP contribution in [-0.2, 0) is 11.3 Å². The van der Waals surface area contributed by atoms with Crippen molar-refractivity contribution < 1.29 is 19.4 Å². The number of ether oxygens (including phenoxy) is 2. The zero-order valence-electron chi connectivity index (χ0n) is 8.11. The van der Waals surface area contributed by atoms with Crippen molar-refractivity contribution in [1.82, 2.24) is 0 Å². The van der Waals surface area contributed by atoms with Crippen LogP contribution >= 0.6 is 0 Å². The minimum atomic E-state index is -1.00. The standard InChI is InChI=1S/C10H12O4/c1-13-6-7-4-3-5-8(10(11)12)9(7)14-2/h3-5H,6H2,1-2H3,(H,11,12). The van der Waals surface area contributed by atoms with E-state index < -0.39 is 5.97 Å². The van der Waals surface area contributed by atoms with Crippen LogP contribution in [0, 0.1) is 0 Å². The van der Waals surface area contributed by atoms with Gasteiger partial charge in [-0.3, -0.25) is 0 Å². The average Bonchev–Trinajstić information content (AvgIpc) is 2.18. The molecule has 0 bridgehead atoms. The van der Waals surface area contributed by atoms with Gasteiger partial charge in [0, 0.05) is 12.7 Å². The number of methoxy groups -OCH3 is 2. The molecule has 14 heavy (non-hydrogen) atoms. The van der Waals surface area contributed by atoms with Crippen LogP contribution in [0.5, 0.6) is 5.75 Å². The molecule has 0 aromatic heterocycles. The van der Waals surface area contributed by atoms with Crippen LogP contribution in [0.15, 0.2) is 18.2 Å². The van der Waals surface area contributed by atoms with E-state index in [1.54, 1.807) is 19.2 Å². The highest BCUT2D eigenvalue weighted by atomic mass is 16.5. The van der Waals surface area contributed by atoms with E-state index in [2.05, 4.69) is 0 Å². The second kappa shape index (κ2) is 4.62. The lowest BCUT2D eigenvalue weighted by molar-refractivity contribution is 0.0692. The molecule has 1 aromatic carbocycles. The summed E-state index contributed by atoms with van der Waals surface area (Å²) in [5.41, 5.74) is 0.886. The maximum Gasteiger partial charge on any atom is 0.339 e. The summed E-state index contributed by atoms with van der Waals surface area (Å²) in [4.78, 5) is 10.8. The predicted molar refractivity (Wildman–Crippen MR) is 50.7 cm³/mol. The first-order valence-corrected chi connectivity index (χ1v) is 4.08. The fourth-order valence-corrected chi connectivity index (χ4v) is 1.26. The molecule has 0 unspecified atom stereocenters. The lowest BCUT2D eigenvalue weighted by Gasteiger charge is -2.09. The first-order chi connectivity index (χ1) is 6.70. The van der Waals surface area contributed by atoms with Gasteiger partial charge >= 0.3 is 5.97 Å². The Hall–Kier alpha value is -1.55. The fourth-order valence-electron chi connectivity index (χ4n) is 1.26. The van der Waals surface area contributed by atoms with Gasteiger partial charge in [-0.15, -0.1) is 0 Å². The molecule has 0 spiro atoms. The lowest BCUT2D eigenvalue weighted by Crippen LogP contribution is -2.03. The highest BCUT2D eigenvalue weighted by Gasteiger charge is 2.13. The third kappa shape index (κ3) is 2.03. The molecule has 1 N–H and O–H groups in total. The molecular weight excluding hydrogens is 184 g/mol. The van der Waals surface area contributed by atoms with Gasteiger partial charge in [-0.1, -0.05) is 12.1 Å². The Morgan fingerprint density at radius 1 is 1.43 bits per heavy atom. The van der Waals surface area contributed by atoms with E-state index in [0.717, 1.165) is 5.56 Å². The number of hydrogen-bond donors (Lipinski definition) is 1. The molecule has 0 aliphatic carbocycles. The van der Waals surface area contributed by atoms with E-state index in [9.17, 15) is 4.79 Å². The van der Waals surface area contributed by atoms with Gasteiger partial charge in [-0.25, -0.2) is 4.79 Å². The van der Waals surface area contributed by atoms with Gasteiger partial charge in [0.25, 0.3) is 0 Å². The normalized spacial score (nSPS) is 9.86. The first kappa shape index (κ1) is 10.5. The smallest absolute Gasteiger partial charge is 0.339 e. The molecule has 1 aromatic rings. The molecule has 76 valence electrons. The lowest BCUT2D eigenvalue weighted by atomic mass is 10.1. The SMILES string of the molecule is COCc1cccc(C(=O)O)c1OC. The van der Waals surface area contributed by atoms with E-state index in [1.165, 1.54) is 13.2 Å². The van der Waals surface area contributed by atoms with Crippen molar-refractivity contribution in [2.75, 3.05) is 14.2 Å². The van der Waals surface area contributed by atoms with Crippen molar-refractivity contribution in [3.8, 4) is 5.75 Å². The Kier molecular flexibility index (Phi) is 3.48. The summed E-state index contributed by atoms with van der Waals surface area (Å²) < 4.78 is 9.96. The highest BCUT2D eigenvalue weighted by Crippen LogP contribution is 2.24. The quantitative estimate of drug-likeness (QED) is 0.793. The third-order valence-corrected chi connectivity index (χ3v) is 1.83. The number of para-hydroxylation sites is 1. The van der Waals surface area contributed by atoms with Crippen LogP contribution in [0.1, 0.15) is 15.9 Å². The Bertz CT molecular complexity index is 333.